The van der Waals surface area contributed by atoms with Gasteiger partial charge in [0.1, 0.15) is 0 Å². The fourth-order valence-electron chi connectivity index (χ4n) is 2.60. The molecule has 140 valence electrons. The molecule has 0 aliphatic rings. The van der Waals surface area contributed by atoms with Gasteiger partial charge in [-0.05, 0) is 12.3 Å². The van der Waals surface area contributed by atoms with E-state index in [1.54, 1.807) is 0 Å². The van der Waals surface area contributed by atoms with Crippen LogP contribution >= 0.6 is 0 Å². The molecule has 1 N–H and O–H groups in total. The maximum atomic E-state index is 10.3. The molecule has 2 heteroatoms. The van der Waals surface area contributed by atoms with E-state index in [0.29, 0.717) is 6.42 Å². The number of carboxylic acids is 1. The summed E-state index contributed by atoms with van der Waals surface area (Å²) in [5.74, 6) is 0.212. The molecule has 0 aromatic rings. The first-order chi connectivity index (χ1) is 11.0. The topological polar surface area (TPSA) is 37.3 Å². The van der Waals surface area contributed by atoms with E-state index in [0.717, 1.165) is 18.8 Å². The van der Waals surface area contributed by atoms with Gasteiger partial charge in [0.15, 0.2) is 0 Å². The molecule has 0 heterocycles. The second kappa shape index (κ2) is 21.5. The first kappa shape index (κ1) is 24.7. The van der Waals surface area contributed by atoms with Crippen LogP contribution in [0.1, 0.15) is 124 Å². The summed E-state index contributed by atoms with van der Waals surface area (Å²) in [5, 5.41) is 8.52. The van der Waals surface area contributed by atoms with E-state index in [1.807, 2.05) is 0 Å². The minimum absolute atomic E-state index is 0.344. The van der Waals surface area contributed by atoms with Crippen LogP contribution in [0.25, 0.3) is 0 Å². The highest BCUT2D eigenvalue weighted by Crippen LogP contribution is 2.14. The molecule has 23 heavy (non-hydrogen) atoms. The quantitative estimate of drug-likeness (QED) is 0.314. The van der Waals surface area contributed by atoms with Gasteiger partial charge in [0.25, 0.3) is 0 Å². The zero-order chi connectivity index (χ0) is 17.8. The minimum Gasteiger partial charge on any atom is -0.481 e. The lowest BCUT2D eigenvalue weighted by atomic mass is 10.0. The zero-order valence-corrected chi connectivity index (χ0v) is 16.5. The molecule has 0 amide bonds. The first-order valence-electron chi connectivity index (χ1n) is 10.3. The second-order valence-corrected chi connectivity index (χ2v) is 7.28. The number of hydrogen-bond acceptors (Lipinski definition) is 1. The molecule has 0 aromatic carbocycles. The van der Waals surface area contributed by atoms with Crippen molar-refractivity contribution in [2.24, 2.45) is 5.92 Å². The summed E-state index contributed by atoms with van der Waals surface area (Å²) in [7, 11) is 0. The third-order valence-electron chi connectivity index (χ3n) is 3.92. The molecule has 0 spiro atoms. The fourth-order valence-corrected chi connectivity index (χ4v) is 2.60. The van der Waals surface area contributed by atoms with Crippen molar-refractivity contribution >= 4 is 5.97 Å². The summed E-state index contributed by atoms with van der Waals surface area (Å²) >= 11 is 0. The van der Waals surface area contributed by atoms with E-state index in [9.17, 15) is 4.79 Å². The molecule has 0 aromatic heterocycles. The van der Waals surface area contributed by atoms with Crippen LogP contribution in [-0.2, 0) is 4.79 Å². The summed E-state index contributed by atoms with van der Waals surface area (Å²) < 4.78 is 0. The smallest absolute Gasteiger partial charge is 0.303 e. The maximum absolute atomic E-state index is 10.3. The Balaban J connectivity index is 0. The molecular formula is C21H44O2. The summed E-state index contributed by atoms with van der Waals surface area (Å²) in [6.07, 6.45) is 18.6. The van der Waals surface area contributed by atoms with E-state index in [2.05, 4.69) is 27.7 Å². The molecule has 0 saturated carbocycles. The van der Waals surface area contributed by atoms with Gasteiger partial charge >= 0.3 is 5.97 Å². The number of unbranched alkanes of at least 4 members (excludes halogenated alkanes) is 11. The van der Waals surface area contributed by atoms with Crippen LogP contribution in [0.2, 0.25) is 0 Å². The van der Waals surface area contributed by atoms with Crippen molar-refractivity contribution in [2.45, 2.75) is 124 Å². The maximum Gasteiger partial charge on any atom is 0.303 e. The third-order valence-corrected chi connectivity index (χ3v) is 3.92. The Labute approximate surface area is 146 Å². The van der Waals surface area contributed by atoms with Crippen LogP contribution < -0.4 is 0 Å². The standard InChI is InChI=1S/C18H36O2.C3H8/c1-17(2)15-13-11-9-7-5-3-4-6-8-10-12-14-16-18(19)20;1-3-2/h17H,3-16H2,1-2H3,(H,19,20);3H2,1-2H3. The molecular weight excluding hydrogens is 284 g/mol. The van der Waals surface area contributed by atoms with Crippen molar-refractivity contribution in [1.29, 1.82) is 0 Å². The van der Waals surface area contributed by atoms with Crippen LogP contribution in [0, 0.1) is 5.92 Å². The lowest BCUT2D eigenvalue weighted by Gasteiger charge is -2.04. The van der Waals surface area contributed by atoms with E-state index in [1.165, 1.54) is 77.0 Å². The second-order valence-electron chi connectivity index (χ2n) is 7.28. The predicted octanol–water partition coefficient (Wildman–Crippen LogP) is 7.60. The third kappa shape index (κ3) is 30.0. The normalized spacial score (nSPS) is 10.5. The first-order valence-corrected chi connectivity index (χ1v) is 10.3. The number of carboxylic acid groups (broad SMARTS) is 1. The molecule has 0 rings (SSSR count). The highest BCUT2D eigenvalue weighted by molar-refractivity contribution is 5.66. The number of aliphatic carboxylic acids is 1. The van der Waals surface area contributed by atoms with Crippen molar-refractivity contribution in [2.75, 3.05) is 0 Å². The molecule has 0 aliphatic carbocycles. The molecule has 0 fully saturated rings. The van der Waals surface area contributed by atoms with Crippen LogP contribution in [0.3, 0.4) is 0 Å². The van der Waals surface area contributed by atoms with Crippen LogP contribution in [0.5, 0.6) is 0 Å². The van der Waals surface area contributed by atoms with Gasteiger partial charge < -0.3 is 5.11 Å². The summed E-state index contributed by atoms with van der Waals surface area (Å²) in [5.41, 5.74) is 0. The monoisotopic (exact) mass is 328 g/mol. The van der Waals surface area contributed by atoms with Gasteiger partial charge in [0.2, 0.25) is 0 Å². The van der Waals surface area contributed by atoms with Crippen LogP contribution in [0.4, 0.5) is 0 Å². The molecule has 0 saturated heterocycles. The summed E-state index contributed by atoms with van der Waals surface area (Å²) in [4.78, 5) is 10.3. The molecule has 2 nitrogen and oxygen atoms in total. The Morgan fingerprint density at radius 3 is 1.30 bits per heavy atom. The van der Waals surface area contributed by atoms with Gasteiger partial charge in [-0.25, -0.2) is 0 Å². The van der Waals surface area contributed by atoms with E-state index < -0.39 is 5.97 Å². The van der Waals surface area contributed by atoms with Gasteiger partial charge in [0.05, 0.1) is 0 Å². The lowest BCUT2D eigenvalue weighted by molar-refractivity contribution is -0.137. The molecule has 0 bridgehead atoms. The molecule has 0 aliphatic heterocycles. The average Bonchev–Trinajstić information content (AvgIpc) is 2.48. The molecule has 0 unspecified atom stereocenters. The summed E-state index contributed by atoms with van der Waals surface area (Å²) in [6, 6.07) is 0. The van der Waals surface area contributed by atoms with Crippen molar-refractivity contribution < 1.29 is 9.90 Å². The van der Waals surface area contributed by atoms with Crippen molar-refractivity contribution in [3.8, 4) is 0 Å². The van der Waals surface area contributed by atoms with E-state index in [-0.39, 0.29) is 0 Å². The van der Waals surface area contributed by atoms with Crippen molar-refractivity contribution in [1.82, 2.24) is 0 Å². The van der Waals surface area contributed by atoms with Gasteiger partial charge in [-0.15, -0.1) is 0 Å². The van der Waals surface area contributed by atoms with E-state index >= 15 is 0 Å². The van der Waals surface area contributed by atoms with Crippen LogP contribution in [-0.4, -0.2) is 11.1 Å². The number of hydrogen-bond donors (Lipinski definition) is 1. The van der Waals surface area contributed by atoms with Crippen molar-refractivity contribution in [3.63, 3.8) is 0 Å². The lowest BCUT2D eigenvalue weighted by Crippen LogP contribution is -1.93. The minimum atomic E-state index is -0.654. The Morgan fingerprint density at radius 1 is 0.696 bits per heavy atom. The highest BCUT2D eigenvalue weighted by Gasteiger charge is 1.97. The SMILES string of the molecule is CC(C)CCCCCCCCCCCCCCC(=O)O.CCC. The van der Waals surface area contributed by atoms with Gasteiger partial charge in [0, 0.05) is 6.42 Å². The highest BCUT2D eigenvalue weighted by atomic mass is 16.4. The van der Waals surface area contributed by atoms with Crippen LogP contribution in [0.15, 0.2) is 0 Å². The zero-order valence-electron chi connectivity index (χ0n) is 16.5. The Kier molecular flexibility index (Phi) is 23.1. The number of carbonyl (C=O) groups is 1. The van der Waals surface area contributed by atoms with Gasteiger partial charge in [-0.1, -0.05) is 111 Å². The largest absolute Gasteiger partial charge is 0.481 e. The summed E-state index contributed by atoms with van der Waals surface area (Å²) in [6.45, 7) is 8.86. The Bertz CT molecular complexity index is 224. The Hall–Kier alpha value is -0.530. The molecule has 0 atom stereocenters. The fraction of sp³-hybridized carbons (Fsp3) is 0.952. The van der Waals surface area contributed by atoms with Crippen molar-refractivity contribution in [3.05, 3.63) is 0 Å². The van der Waals surface area contributed by atoms with Gasteiger partial charge in [-0.2, -0.15) is 0 Å². The number of rotatable bonds is 15. The Morgan fingerprint density at radius 2 is 1.00 bits per heavy atom. The van der Waals surface area contributed by atoms with Gasteiger partial charge in [-0.3, -0.25) is 4.79 Å². The van der Waals surface area contributed by atoms with E-state index in [4.69, 9.17) is 5.11 Å². The predicted molar refractivity (Wildman–Crippen MR) is 103 cm³/mol. The average molecular weight is 329 g/mol. The molecule has 0 radical (unpaired) electrons.